The van der Waals surface area contributed by atoms with Crippen LogP contribution in [0.25, 0.3) is 0 Å². The molecule has 0 aromatic carbocycles. The zero-order valence-electron chi connectivity index (χ0n) is 8.74. The van der Waals surface area contributed by atoms with Gasteiger partial charge in [0.25, 0.3) is 5.19 Å². The lowest BCUT2D eigenvalue weighted by molar-refractivity contribution is 0.255. The first-order chi connectivity index (χ1) is 7.93. The summed E-state index contributed by atoms with van der Waals surface area (Å²) in [6.45, 7) is 1.69. The molecule has 84 valence electrons. The molecule has 0 amide bonds. The molecule has 3 heterocycles. The van der Waals surface area contributed by atoms with Gasteiger partial charge in [-0.15, -0.1) is 10.2 Å². The van der Waals surface area contributed by atoms with E-state index in [2.05, 4.69) is 26.0 Å². The van der Waals surface area contributed by atoms with Crippen molar-refractivity contribution < 1.29 is 4.74 Å². The third-order valence-electron chi connectivity index (χ3n) is 2.84. The van der Waals surface area contributed by atoms with Gasteiger partial charge >= 0.3 is 0 Å². The zero-order chi connectivity index (χ0) is 10.8. The molecule has 0 saturated heterocycles. The maximum Gasteiger partial charge on any atom is 0.293 e. The van der Waals surface area contributed by atoms with E-state index in [9.17, 15) is 0 Å². The first kappa shape index (κ1) is 9.77. The van der Waals surface area contributed by atoms with Crippen molar-refractivity contribution in [3.63, 3.8) is 0 Å². The smallest absolute Gasteiger partial charge is 0.293 e. The Morgan fingerprint density at radius 3 is 3.44 bits per heavy atom. The van der Waals surface area contributed by atoms with Gasteiger partial charge in [0.05, 0.1) is 6.61 Å². The van der Waals surface area contributed by atoms with Crippen LogP contribution in [0.4, 0.5) is 0 Å². The Bertz CT molecular complexity index is 453. The molecule has 0 spiro atoms. The van der Waals surface area contributed by atoms with E-state index in [4.69, 9.17) is 4.74 Å². The normalized spacial score (nSPS) is 19.4. The van der Waals surface area contributed by atoms with E-state index in [-0.39, 0.29) is 0 Å². The lowest BCUT2D eigenvalue weighted by atomic mass is 9.97. The SMILES string of the molecule is c1cc2n(n1)CCCC2COc1nncs1. The number of ether oxygens (including phenoxy) is 1. The maximum absolute atomic E-state index is 5.62. The van der Waals surface area contributed by atoms with Crippen LogP contribution >= 0.6 is 11.3 Å². The molecule has 0 bridgehead atoms. The second-order valence-corrected chi connectivity index (χ2v) is 4.63. The molecule has 3 rings (SSSR count). The highest BCUT2D eigenvalue weighted by Crippen LogP contribution is 2.27. The van der Waals surface area contributed by atoms with Crippen LogP contribution in [0, 0.1) is 0 Å². The Morgan fingerprint density at radius 2 is 2.56 bits per heavy atom. The average Bonchev–Trinajstić information content (AvgIpc) is 2.97. The number of hydrogen-bond acceptors (Lipinski definition) is 5. The molecule has 0 aliphatic carbocycles. The van der Waals surface area contributed by atoms with Crippen molar-refractivity contribution in [1.29, 1.82) is 0 Å². The summed E-state index contributed by atoms with van der Waals surface area (Å²) in [7, 11) is 0. The number of aromatic nitrogens is 4. The van der Waals surface area contributed by atoms with Crippen molar-refractivity contribution in [3.05, 3.63) is 23.5 Å². The predicted molar refractivity (Wildman–Crippen MR) is 59.6 cm³/mol. The second kappa shape index (κ2) is 4.21. The second-order valence-electron chi connectivity index (χ2n) is 3.83. The first-order valence-electron chi connectivity index (χ1n) is 5.34. The predicted octanol–water partition coefficient (Wildman–Crippen LogP) is 1.69. The van der Waals surface area contributed by atoms with Crippen molar-refractivity contribution in [2.24, 2.45) is 0 Å². The number of fused-ring (bicyclic) bond motifs is 1. The number of hydrogen-bond donors (Lipinski definition) is 0. The Balaban J connectivity index is 1.69. The van der Waals surface area contributed by atoms with Crippen LogP contribution < -0.4 is 4.74 Å². The summed E-state index contributed by atoms with van der Waals surface area (Å²) < 4.78 is 7.68. The van der Waals surface area contributed by atoms with Gasteiger partial charge in [-0.2, -0.15) is 5.10 Å². The molecule has 1 aliphatic heterocycles. The summed E-state index contributed by atoms with van der Waals surface area (Å²) in [4.78, 5) is 0. The molecule has 2 aromatic rings. The quantitative estimate of drug-likeness (QED) is 0.813. The number of rotatable bonds is 3. The third-order valence-corrected chi connectivity index (χ3v) is 3.44. The molecule has 5 nitrogen and oxygen atoms in total. The standard InChI is InChI=1S/C10H12N4OS/c1-2-8(6-15-10-13-11-7-16-10)9-3-4-12-14(9)5-1/h3-4,7-8H,1-2,5-6H2. The Morgan fingerprint density at radius 1 is 1.56 bits per heavy atom. The van der Waals surface area contributed by atoms with Gasteiger partial charge in [0.2, 0.25) is 0 Å². The van der Waals surface area contributed by atoms with Crippen LogP contribution in [0.1, 0.15) is 24.5 Å². The summed E-state index contributed by atoms with van der Waals surface area (Å²) in [6.07, 6.45) is 4.18. The monoisotopic (exact) mass is 236 g/mol. The number of nitrogens with zero attached hydrogens (tertiary/aromatic N) is 4. The molecule has 16 heavy (non-hydrogen) atoms. The molecule has 2 aromatic heterocycles. The molecule has 1 aliphatic rings. The summed E-state index contributed by atoms with van der Waals surface area (Å²) >= 11 is 1.43. The van der Waals surface area contributed by atoms with Gasteiger partial charge in [-0.05, 0) is 18.9 Å². The fourth-order valence-electron chi connectivity index (χ4n) is 2.08. The summed E-state index contributed by atoms with van der Waals surface area (Å²) in [5, 5.41) is 12.6. The van der Waals surface area contributed by atoms with Crippen LogP contribution in [-0.4, -0.2) is 26.6 Å². The van der Waals surface area contributed by atoms with Gasteiger partial charge in [0.15, 0.2) is 0 Å². The van der Waals surface area contributed by atoms with Crippen molar-refractivity contribution in [3.8, 4) is 5.19 Å². The van der Waals surface area contributed by atoms with Gasteiger partial charge in [0.1, 0.15) is 5.51 Å². The fraction of sp³-hybridized carbons (Fsp3) is 0.500. The van der Waals surface area contributed by atoms with Crippen molar-refractivity contribution in [2.75, 3.05) is 6.61 Å². The largest absolute Gasteiger partial charge is 0.468 e. The minimum atomic E-state index is 0.431. The van der Waals surface area contributed by atoms with Gasteiger partial charge in [-0.1, -0.05) is 11.3 Å². The fourth-order valence-corrected chi connectivity index (χ4v) is 2.49. The minimum Gasteiger partial charge on any atom is -0.468 e. The van der Waals surface area contributed by atoms with E-state index in [1.54, 1.807) is 5.51 Å². The minimum absolute atomic E-state index is 0.431. The summed E-state index contributed by atoms with van der Waals surface area (Å²) in [5.41, 5.74) is 2.95. The zero-order valence-corrected chi connectivity index (χ0v) is 9.56. The van der Waals surface area contributed by atoms with Crippen LogP contribution in [0.15, 0.2) is 17.8 Å². The molecule has 0 fully saturated rings. The highest BCUT2D eigenvalue weighted by Gasteiger charge is 2.21. The molecule has 0 saturated carbocycles. The highest BCUT2D eigenvalue weighted by atomic mass is 32.1. The van der Waals surface area contributed by atoms with Crippen LogP contribution in [-0.2, 0) is 6.54 Å². The molecular formula is C10H12N4OS. The van der Waals surface area contributed by atoms with Crippen molar-refractivity contribution >= 4 is 11.3 Å². The third kappa shape index (κ3) is 1.80. The van der Waals surface area contributed by atoms with Crippen LogP contribution in [0.3, 0.4) is 0 Å². The van der Waals surface area contributed by atoms with Crippen molar-refractivity contribution in [1.82, 2.24) is 20.0 Å². The lowest BCUT2D eigenvalue weighted by Gasteiger charge is -2.22. The first-order valence-corrected chi connectivity index (χ1v) is 6.22. The van der Waals surface area contributed by atoms with Crippen LogP contribution in [0.2, 0.25) is 0 Å². The van der Waals surface area contributed by atoms with Crippen molar-refractivity contribution in [2.45, 2.75) is 25.3 Å². The highest BCUT2D eigenvalue weighted by molar-refractivity contribution is 7.11. The Kier molecular flexibility index (Phi) is 2.57. The molecule has 0 radical (unpaired) electrons. The number of aryl methyl sites for hydroxylation is 1. The Labute approximate surface area is 97.1 Å². The summed E-state index contributed by atoms with van der Waals surface area (Å²) in [6, 6.07) is 2.08. The van der Waals surface area contributed by atoms with Gasteiger partial charge in [-0.3, -0.25) is 4.68 Å². The average molecular weight is 236 g/mol. The topological polar surface area (TPSA) is 52.8 Å². The van der Waals surface area contributed by atoms with Crippen LogP contribution in [0.5, 0.6) is 5.19 Å². The lowest BCUT2D eigenvalue weighted by Crippen LogP contribution is -2.20. The molecule has 1 atom stereocenters. The van der Waals surface area contributed by atoms with E-state index in [0.717, 1.165) is 13.0 Å². The molecular weight excluding hydrogens is 224 g/mol. The van der Waals surface area contributed by atoms with Gasteiger partial charge in [0, 0.05) is 24.4 Å². The van der Waals surface area contributed by atoms with Gasteiger partial charge in [-0.25, -0.2) is 0 Å². The van der Waals surface area contributed by atoms with E-state index < -0.39 is 0 Å². The van der Waals surface area contributed by atoms with E-state index in [0.29, 0.717) is 17.7 Å². The molecule has 6 heteroatoms. The van der Waals surface area contributed by atoms with E-state index >= 15 is 0 Å². The van der Waals surface area contributed by atoms with Gasteiger partial charge < -0.3 is 4.74 Å². The Hall–Kier alpha value is -1.43. The van der Waals surface area contributed by atoms with E-state index in [1.807, 2.05) is 6.20 Å². The molecule has 1 unspecified atom stereocenters. The summed E-state index contributed by atoms with van der Waals surface area (Å²) in [5.74, 6) is 0.431. The maximum atomic E-state index is 5.62. The van der Waals surface area contributed by atoms with E-state index in [1.165, 1.54) is 23.5 Å². The molecule has 0 N–H and O–H groups in total.